The van der Waals surface area contributed by atoms with Gasteiger partial charge in [0.1, 0.15) is 0 Å². The Labute approximate surface area is 101 Å². The first-order valence-corrected chi connectivity index (χ1v) is 6.57. The minimum absolute atomic E-state index is 0.0295. The fourth-order valence-electron chi connectivity index (χ4n) is 2.68. The summed E-state index contributed by atoms with van der Waals surface area (Å²) in [6, 6.07) is 0.721. The summed E-state index contributed by atoms with van der Waals surface area (Å²) < 4.78 is 0. The Balaban J connectivity index is 2.42. The molecule has 1 N–H and O–H groups in total. The molecule has 0 unspecified atom stereocenters. The van der Waals surface area contributed by atoms with Crippen LogP contribution in [0.3, 0.4) is 0 Å². The van der Waals surface area contributed by atoms with E-state index in [1.165, 1.54) is 25.7 Å². The number of rotatable bonds is 4. The summed E-state index contributed by atoms with van der Waals surface area (Å²) in [4.78, 5) is 2.45. The van der Waals surface area contributed by atoms with Crippen molar-refractivity contribution in [1.82, 2.24) is 4.90 Å². The van der Waals surface area contributed by atoms with Gasteiger partial charge < -0.3 is 10.0 Å². The van der Waals surface area contributed by atoms with Crippen LogP contribution in [0.25, 0.3) is 0 Å². The van der Waals surface area contributed by atoms with Crippen LogP contribution in [0.2, 0.25) is 0 Å². The summed E-state index contributed by atoms with van der Waals surface area (Å²) in [5.74, 6) is 0. The maximum Gasteiger partial charge on any atom is 0.0494 e. The zero-order chi connectivity index (χ0) is 12.4. The van der Waals surface area contributed by atoms with Gasteiger partial charge in [-0.15, -0.1) is 0 Å². The highest BCUT2D eigenvalue weighted by Gasteiger charge is 2.30. The van der Waals surface area contributed by atoms with Crippen LogP contribution < -0.4 is 0 Å². The third kappa shape index (κ3) is 4.06. The molecule has 0 heterocycles. The third-order valence-corrected chi connectivity index (χ3v) is 4.04. The fourth-order valence-corrected chi connectivity index (χ4v) is 2.68. The second-order valence-corrected chi connectivity index (χ2v) is 7.13. The van der Waals surface area contributed by atoms with Crippen molar-refractivity contribution in [1.29, 1.82) is 0 Å². The van der Waals surface area contributed by atoms with E-state index in [-0.39, 0.29) is 12.0 Å². The Morgan fingerprint density at radius 1 is 1.25 bits per heavy atom. The van der Waals surface area contributed by atoms with Crippen LogP contribution in [-0.4, -0.2) is 36.2 Å². The van der Waals surface area contributed by atoms with Crippen molar-refractivity contribution in [2.45, 2.75) is 59.4 Å². The lowest BCUT2D eigenvalue weighted by Gasteiger charge is -2.41. The average molecular weight is 227 g/mol. The van der Waals surface area contributed by atoms with Gasteiger partial charge in [0.15, 0.2) is 0 Å². The Morgan fingerprint density at radius 2 is 1.75 bits per heavy atom. The lowest BCUT2D eigenvalue weighted by Crippen LogP contribution is -2.42. The third-order valence-electron chi connectivity index (χ3n) is 4.04. The molecule has 96 valence electrons. The molecular formula is C14H29NO. The molecule has 1 fully saturated rings. The summed E-state index contributed by atoms with van der Waals surface area (Å²) in [6.07, 6.45) is 5.29. The quantitative estimate of drug-likeness (QED) is 0.798. The molecule has 0 aromatic rings. The van der Waals surface area contributed by atoms with Gasteiger partial charge in [0, 0.05) is 24.6 Å². The first-order chi connectivity index (χ1) is 7.26. The highest BCUT2D eigenvalue weighted by atomic mass is 16.3. The van der Waals surface area contributed by atoms with E-state index < -0.39 is 0 Å². The molecule has 0 aromatic heterocycles. The van der Waals surface area contributed by atoms with Crippen molar-refractivity contribution < 1.29 is 5.11 Å². The number of aliphatic hydroxyl groups excluding tert-OH is 1. The molecule has 1 rings (SSSR count). The minimum atomic E-state index is 0.0295. The molecule has 0 spiro atoms. The maximum absolute atomic E-state index is 9.30. The van der Waals surface area contributed by atoms with E-state index in [9.17, 15) is 5.11 Å². The first kappa shape index (κ1) is 14.0. The normalized spacial score (nSPS) is 22.7. The van der Waals surface area contributed by atoms with Gasteiger partial charge in [-0.2, -0.15) is 0 Å². The average Bonchev–Trinajstić information content (AvgIpc) is 2.16. The fraction of sp³-hybridized carbons (Fsp3) is 1.00. The number of hydrogen-bond acceptors (Lipinski definition) is 2. The van der Waals surface area contributed by atoms with E-state index in [4.69, 9.17) is 0 Å². The summed E-state index contributed by atoms with van der Waals surface area (Å²) in [5.41, 5.74) is 0.575. The van der Waals surface area contributed by atoms with Gasteiger partial charge in [-0.1, -0.05) is 27.7 Å². The molecule has 0 amide bonds. The van der Waals surface area contributed by atoms with Gasteiger partial charge in [-0.3, -0.25) is 0 Å². The largest absolute Gasteiger partial charge is 0.396 e. The van der Waals surface area contributed by atoms with Gasteiger partial charge in [-0.25, -0.2) is 0 Å². The standard InChI is InChI=1S/C14H29NO/c1-13(2)8-6-12(7-9-13)15(5)10-14(3,4)11-16/h12,16H,6-11H2,1-5H3. The molecule has 1 aliphatic carbocycles. The van der Waals surface area contributed by atoms with Crippen LogP contribution in [0.5, 0.6) is 0 Å². The van der Waals surface area contributed by atoms with E-state index in [1.807, 2.05) is 0 Å². The Morgan fingerprint density at radius 3 is 2.19 bits per heavy atom. The molecule has 16 heavy (non-hydrogen) atoms. The highest BCUT2D eigenvalue weighted by Crippen LogP contribution is 2.37. The van der Waals surface area contributed by atoms with Gasteiger partial charge in [0.05, 0.1) is 0 Å². The first-order valence-electron chi connectivity index (χ1n) is 6.57. The van der Waals surface area contributed by atoms with Gasteiger partial charge in [0.2, 0.25) is 0 Å². The van der Waals surface area contributed by atoms with Crippen LogP contribution in [-0.2, 0) is 0 Å². The Bertz CT molecular complexity index is 213. The smallest absolute Gasteiger partial charge is 0.0494 e. The molecular weight excluding hydrogens is 198 g/mol. The zero-order valence-corrected chi connectivity index (χ0v) is 11.7. The molecule has 0 radical (unpaired) electrons. The molecule has 0 aromatic carbocycles. The molecule has 1 aliphatic rings. The summed E-state index contributed by atoms with van der Waals surface area (Å²) >= 11 is 0. The van der Waals surface area contributed by atoms with Crippen LogP contribution in [0.1, 0.15) is 53.4 Å². The Hall–Kier alpha value is -0.0800. The van der Waals surface area contributed by atoms with E-state index in [2.05, 4.69) is 39.6 Å². The van der Waals surface area contributed by atoms with Crippen molar-refractivity contribution in [3.63, 3.8) is 0 Å². The monoisotopic (exact) mass is 227 g/mol. The number of hydrogen-bond donors (Lipinski definition) is 1. The van der Waals surface area contributed by atoms with Crippen molar-refractivity contribution in [3.05, 3.63) is 0 Å². The van der Waals surface area contributed by atoms with E-state index >= 15 is 0 Å². The lowest BCUT2D eigenvalue weighted by molar-refractivity contribution is 0.0660. The second kappa shape index (κ2) is 5.05. The van der Waals surface area contributed by atoms with Crippen LogP contribution >= 0.6 is 0 Å². The molecule has 1 saturated carbocycles. The van der Waals surface area contributed by atoms with Crippen LogP contribution in [0, 0.1) is 10.8 Å². The van der Waals surface area contributed by atoms with Gasteiger partial charge in [-0.05, 0) is 38.1 Å². The molecule has 0 atom stereocenters. The highest BCUT2D eigenvalue weighted by molar-refractivity contribution is 4.84. The van der Waals surface area contributed by atoms with Crippen molar-refractivity contribution in [2.24, 2.45) is 10.8 Å². The molecule has 2 heteroatoms. The van der Waals surface area contributed by atoms with E-state index in [1.54, 1.807) is 0 Å². The SMILES string of the molecule is CN(CC(C)(C)CO)C1CCC(C)(C)CC1. The van der Waals surface area contributed by atoms with Crippen LogP contribution in [0.4, 0.5) is 0 Å². The number of aliphatic hydroxyl groups is 1. The molecule has 0 bridgehead atoms. The second-order valence-electron chi connectivity index (χ2n) is 7.13. The van der Waals surface area contributed by atoms with E-state index in [0.717, 1.165) is 12.6 Å². The topological polar surface area (TPSA) is 23.5 Å². The zero-order valence-electron chi connectivity index (χ0n) is 11.7. The number of nitrogens with zero attached hydrogens (tertiary/aromatic N) is 1. The van der Waals surface area contributed by atoms with Crippen molar-refractivity contribution >= 4 is 0 Å². The molecule has 0 aliphatic heterocycles. The summed E-state index contributed by atoms with van der Waals surface area (Å²) in [5, 5.41) is 9.30. The maximum atomic E-state index is 9.30. The van der Waals surface area contributed by atoms with Gasteiger partial charge in [0.25, 0.3) is 0 Å². The summed E-state index contributed by atoms with van der Waals surface area (Å²) in [7, 11) is 2.21. The predicted molar refractivity (Wildman–Crippen MR) is 69.5 cm³/mol. The van der Waals surface area contributed by atoms with Crippen LogP contribution in [0.15, 0.2) is 0 Å². The van der Waals surface area contributed by atoms with Gasteiger partial charge >= 0.3 is 0 Å². The molecule has 2 nitrogen and oxygen atoms in total. The summed E-state index contributed by atoms with van der Waals surface area (Å²) in [6.45, 7) is 10.3. The van der Waals surface area contributed by atoms with Crippen molar-refractivity contribution in [3.8, 4) is 0 Å². The lowest BCUT2D eigenvalue weighted by atomic mass is 9.75. The van der Waals surface area contributed by atoms with Crippen molar-refractivity contribution in [2.75, 3.05) is 20.2 Å². The minimum Gasteiger partial charge on any atom is -0.396 e. The predicted octanol–water partition coefficient (Wildman–Crippen LogP) is 2.91. The Kier molecular flexibility index (Phi) is 4.42. The molecule has 0 saturated heterocycles. The van der Waals surface area contributed by atoms with E-state index in [0.29, 0.717) is 5.41 Å².